The number of hydrogen-bond acceptors (Lipinski definition) is 5. The number of aliphatic hydroxyl groups is 1. The topological polar surface area (TPSA) is 71.5 Å². The number of imidazole rings is 1. The van der Waals surface area contributed by atoms with Gasteiger partial charge in [0.15, 0.2) is 5.82 Å². The van der Waals surface area contributed by atoms with E-state index in [2.05, 4.69) is 50.9 Å². The highest BCUT2D eigenvalue weighted by Gasteiger charge is 2.26. The first kappa shape index (κ1) is 16.2. The van der Waals surface area contributed by atoms with Gasteiger partial charge in [0.25, 0.3) is 0 Å². The summed E-state index contributed by atoms with van der Waals surface area (Å²) in [5, 5.41) is 17.7. The Morgan fingerprint density at radius 3 is 2.92 bits per heavy atom. The van der Waals surface area contributed by atoms with E-state index in [9.17, 15) is 5.11 Å². The molecule has 0 saturated carbocycles. The van der Waals surface area contributed by atoms with Gasteiger partial charge in [0.1, 0.15) is 18.1 Å². The fourth-order valence-electron chi connectivity index (χ4n) is 3.74. The van der Waals surface area contributed by atoms with Crippen LogP contribution in [0.25, 0.3) is 5.65 Å². The molecule has 3 aromatic heterocycles. The van der Waals surface area contributed by atoms with Crippen LogP contribution in [0.15, 0.2) is 24.5 Å². The predicted molar refractivity (Wildman–Crippen MR) is 94.1 cm³/mol. The Labute approximate surface area is 146 Å². The molecule has 3 aromatic rings. The minimum atomic E-state index is -0.0689. The smallest absolute Gasteiger partial charge is 0.158 e. The minimum Gasteiger partial charge on any atom is -0.388 e. The highest BCUT2D eigenvalue weighted by atomic mass is 16.3. The van der Waals surface area contributed by atoms with Gasteiger partial charge in [-0.3, -0.25) is 4.90 Å². The third-order valence-electron chi connectivity index (χ3n) is 5.05. The SMILES string of the molecule is Cc1ccc2nc(CN3CCC[C@H](c4nnc(CO)n4C)C3)cn2c1. The molecule has 0 unspecified atom stereocenters. The molecule has 0 aromatic carbocycles. The van der Waals surface area contributed by atoms with E-state index in [1.807, 2.05) is 11.6 Å². The molecule has 0 aliphatic carbocycles. The molecule has 1 fully saturated rings. The van der Waals surface area contributed by atoms with Crippen LogP contribution in [0.3, 0.4) is 0 Å². The second-order valence-corrected chi connectivity index (χ2v) is 6.97. The molecule has 4 heterocycles. The second-order valence-electron chi connectivity index (χ2n) is 6.97. The largest absolute Gasteiger partial charge is 0.388 e. The summed E-state index contributed by atoms with van der Waals surface area (Å²) >= 11 is 0. The zero-order valence-corrected chi connectivity index (χ0v) is 14.8. The molecule has 0 radical (unpaired) electrons. The summed E-state index contributed by atoms with van der Waals surface area (Å²) in [5.74, 6) is 1.95. The van der Waals surface area contributed by atoms with Crippen LogP contribution in [0, 0.1) is 6.92 Å². The quantitative estimate of drug-likeness (QED) is 0.782. The molecule has 0 amide bonds. The van der Waals surface area contributed by atoms with Gasteiger partial charge in [-0.2, -0.15) is 0 Å². The molecule has 7 heteroatoms. The Morgan fingerprint density at radius 2 is 2.12 bits per heavy atom. The predicted octanol–water partition coefficient (Wildman–Crippen LogP) is 1.64. The highest BCUT2D eigenvalue weighted by molar-refractivity contribution is 5.41. The van der Waals surface area contributed by atoms with Gasteiger partial charge in [-0.05, 0) is 37.9 Å². The van der Waals surface area contributed by atoms with E-state index < -0.39 is 0 Å². The molecule has 0 bridgehead atoms. The average molecular weight is 340 g/mol. The fraction of sp³-hybridized carbons (Fsp3) is 0.500. The molecule has 0 spiro atoms. The lowest BCUT2D eigenvalue weighted by atomic mass is 9.97. The van der Waals surface area contributed by atoms with E-state index in [1.165, 1.54) is 5.56 Å². The second kappa shape index (κ2) is 6.57. The monoisotopic (exact) mass is 340 g/mol. The number of piperidine rings is 1. The van der Waals surface area contributed by atoms with Crippen LogP contribution in [0.4, 0.5) is 0 Å². The summed E-state index contributed by atoms with van der Waals surface area (Å²) in [6.07, 6.45) is 6.48. The van der Waals surface area contributed by atoms with Crippen molar-refractivity contribution in [3.05, 3.63) is 47.4 Å². The van der Waals surface area contributed by atoms with Crippen molar-refractivity contribution in [1.82, 2.24) is 29.0 Å². The number of aryl methyl sites for hydroxylation is 1. The van der Waals surface area contributed by atoms with Crippen LogP contribution in [-0.4, -0.2) is 47.2 Å². The Morgan fingerprint density at radius 1 is 1.24 bits per heavy atom. The van der Waals surface area contributed by atoms with Crippen molar-refractivity contribution in [2.75, 3.05) is 13.1 Å². The highest BCUT2D eigenvalue weighted by Crippen LogP contribution is 2.26. The fourth-order valence-corrected chi connectivity index (χ4v) is 3.74. The van der Waals surface area contributed by atoms with Crippen LogP contribution in [0.2, 0.25) is 0 Å². The summed E-state index contributed by atoms with van der Waals surface area (Å²) in [5.41, 5.74) is 3.33. The van der Waals surface area contributed by atoms with Gasteiger partial charge < -0.3 is 14.1 Å². The van der Waals surface area contributed by atoms with E-state index in [1.54, 1.807) is 0 Å². The van der Waals surface area contributed by atoms with E-state index in [4.69, 9.17) is 4.98 Å². The van der Waals surface area contributed by atoms with Gasteiger partial charge in [-0.25, -0.2) is 4.98 Å². The van der Waals surface area contributed by atoms with Gasteiger partial charge in [-0.1, -0.05) is 6.07 Å². The Kier molecular flexibility index (Phi) is 4.27. The summed E-state index contributed by atoms with van der Waals surface area (Å²) in [6.45, 7) is 4.90. The number of likely N-dealkylation sites (tertiary alicyclic amines) is 1. The van der Waals surface area contributed by atoms with Crippen LogP contribution >= 0.6 is 0 Å². The molecule has 25 heavy (non-hydrogen) atoms. The lowest BCUT2D eigenvalue weighted by Gasteiger charge is -2.31. The van der Waals surface area contributed by atoms with Crippen LogP contribution in [-0.2, 0) is 20.2 Å². The third kappa shape index (κ3) is 3.17. The van der Waals surface area contributed by atoms with Crippen molar-refractivity contribution >= 4 is 5.65 Å². The summed E-state index contributed by atoms with van der Waals surface area (Å²) in [6, 6.07) is 4.16. The maximum Gasteiger partial charge on any atom is 0.158 e. The molecule has 7 nitrogen and oxygen atoms in total. The Hall–Kier alpha value is -2.25. The average Bonchev–Trinajstić information content (AvgIpc) is 3.17. The molecule has 1 N–H and O–H groups in total. The van der Waals surface area contributed by atoms with Gasteiger partial charge in [0.2, 0.25) is 0 Å². The first-order chi connectivity index (χ1) is 12.1. The van der Waals surface area contributed by atoms with E-state index in [-0.39, 0.29) is 6.61 Å². The minimum absolute atomic E-state index is 0.0689. The Bertz CT molecular complexity index is 883. The van der Waals surface area contributed by atoms with Crippen LogP contribution in [0.5, 0.6) is 0 Å². The molecule has 132 valence electrons. The maximum atomic E-state index is 9.32. The van der Waals surface area contributed by atoms with Gasteiger partial charge in [-0.15, -0.1) is 10.2 Å². The molecule has 1 atom stereocenters. The lowest BCUT2D eigenvalue weighted by Crippen LogP contribution is -2.35. The van der Waals surface area contributed by atoms with Crippen molar-refractivity contribution < 1.29 is 5.11 Å². The summed E-state index contributed by atoms with van der Waals surface area (Å²) in [4.78, 5) is 7.18. The number of rotatable bonds is 4. The first-order valence-electron chi connectivity index (χ1n) is 8.79. The number of hydrogen-bond donors (Lipinski definition) is 1. The van der Waals surface area contributed by atoms with E-state index in [0.717, 1.165) is 49.6 Å². The van der Waals surface area contributed by atoms with Crippen molar-refractivity contribution in [3.8, 4) is 0 Å². The molecule has 1 saturated heterocycles. The molecule has 1 aliphatic rings. The summed E-state index contributed by atoms with van der Waals surface area (Å²) in [7, 11) is 1.93. The number of aliphatic hydroxyl groups excluding tert-OH is 1. The molecular weight excluding hydrogens is 316 g/mol. The maximum absolute atomic E-state index is 9.32. The normalized spacial score (nSPS) is 18.9. The van der Waals surface area contributed by atoms with E-state index >= 15 is 0 Å². The summed E-state index contributed by atoms with van der Waals surface area (Å²) < 4.78 is 4.03. The number of pyridine rings is 1. The van der Waals surface area contributed by atoms with Gasteiger partial charge in [0, 0.05) is 38.4 Å². The molecular formula is C18H24N6O. The van der Waals surface area contributed by atoms with Crippen molar-refractivity contribution in [2.45, 2.75) is 38.8 Å². The number of nitrogens with zero attached hydrogens (tertiary/aromatic N) is 6. The zero-order chi connectivity index (χ0) is 17.4. The Balaban J connectivity index is 1.49. The molecule has 1 aliphatic heterocycles. The standard InChI is InChI=1S/C18H24N6O/c1-13-5-6-16-19-15(11-24(16)8-13)10-23-7-3-4-14(9-23)18-21-20-17(12-25)22(18)2/h5-6,8,11,14,25H,3-4,7,9-10,12H2,1-2H3/t14-/m0/s1. The van der Waals surface area contributed by atoms with Crippen molar-refractivity contribution in [1.29, 1.82) is 0 Å². The van der Waals surface area contributed by atoms with E-state index in [0.29, 0.717) is 11.7 Å². The number of fused-ring (bicyclic) bond motifs is 1. The van der Waals surface area contributed by atoms with Gasteiger partial charge in [0.05, 0.1) is 5.69 Å². The van der Waals surface area contributed by atoms with Crippen LogP contribution in [0.1, 0.15) is 41.7 Å². The number of aromatic nitrogens is 5. The van der Waals surface area contributed by atoms with Crippen LogP contribution < -0.4 is 0 Å². The van der Waals surface area contributed by atoms with Crippen molar-refractivity contribution in [3.63, 3.8) is 0 Å². The lowest BCUT2D eigenvalue weighted by molar-refractivity contribution is 0.193. The molecule has 4 rings (SSSR count). The zero-order valence-electron chi connectivity index (χ0n) is 14.8. The van der Waals surface area contributed by atoms with Gasteiger partial charge >= 0.3 is 0 Å². The van der Waals surface area contributed by atoms with Crippen molar-refractivity contribution in [2.24, 2.45) is 7.05 Å². The third-order valence-corrected chi connectivity index (χ3v) is 5.05. The first-order valence-corrected chi connectivity index (χ1v) is 8.79.